The van der Waals surface area contributed by atoms with E-state index < -0.39 is 24.5 Å². The minimum Gasteiger partial charge on any atom is -0.465 e. The number of benzene rings is 2. The van der Waals surface area contributed by atoms with E-state index in [1.807, 2.05) is 24.3 Å². The Morgan fingerprint density at radius 1 is 0.730 bits per heavy atom. The van der Waals surface area contributed by atoms with Crippen molar-refractivity contribution in [3.63, 3.8) is 0 Å². The standard InChI is InChI=1S/C29H36O8/c1-19(2)27(32)34-17-15-25(30)36-23-11-7-21(8-12-23)29(5,6)22-9-13-24(14-10-22)37-26(31)16-18-35-28(33)20(3)4/h7-14,25-26,30-31H,1,3,15-18H2,2,4-6H3. The molecular weight excluding hydrogens is 476 g/mol. The first-order chi connectivity index (χ1) is 17.4. The van der Waals surface area contributed by atoms with E-state index in [1.54, 1.807) is 38.1 Å². The van der Waals surface area contributed by atoms with Gasteiger partial charge in [0.05, 0.1) is 13.2 Å². The number of ether oxygens (including phenoxy) is 4. The van der Waals surface area contributed by atoms with Crippen LogP contribution in [0.4, 0.5) is 0 Å². The number of aliphatic hydroxyl groups excluding tert-OH is 2. The molecule has 8 nitrogen and oxygen atoms in total. The number of aliphatic hydroxyl groups is 2. The van der Waals surface area contributed by atoms with Crippen LogP contribution in [-0.2, 0) is 24.5 Å². The van der Waals surface area contributed by atoms with Crippen LogP contribution in [0.15, 0.2) is 72.8 Å². The average molecular weight is 513 g/mol. The lowest BCUT2D eigenvalue weighted by atomic mass is 9.78. The summed E-state index contributed by atoms with van der Waals surface area (Å²) in [5.41, 5.74) is 2.30. The Morgan fingerprint density at radius 2 is 1.05 bits per heavy atom. The van der Waals surface area contributed by atoms with Crippen molar-refractivity contribution in [3.8, 4) is 11.5 Å². The Morgan fingerprint density at radius 3 is 1.35 bits per heavy atom. The van der Waals surface area contributed by atoms with E-state index in [-0.39, 0.29) is 31.5 Å². The molecule has 0 fully saturated rings. The van der Waals surface area contributed by atoms with E-state index in [9.17, 15) is 19.8 Å². The summed E-state index contributed by atoms with van der Waals surface area (Å²) in [5, 5.41) is 20.1. The van der Waals surface area contributed by atoms with E-state index >= 15 is 0 Å². The van der Waals surface area contributed by atoms with Crippen LogP contribution in [0.25, 0.3) is 0 Å². The summed E-state index contributed by atoms with van der Waals surface area (Å²) in [4.78, 5) is 22.8. The van der Waals surface area contributed by atoms with E-state index in [4.69, 9.17) is 18.9 Å². The lowest BCUT2D eigenvalue weighted by Crippen LogP contribution is -2.21. The van der Waals surface area contributed by atoms with E-state index in [0.717, 1.165) is 11.1 Å². The number of carbonyl (C=O) groups excluding carboxylic acids is 2. The quantitative estimate of drug-likeness (QED) is 0.217. The van der Waals surface area contributed by atoms with Crippen molar-refractivity contribution in [1.29, 1.82) is 0 Å². The second-order valence-corrected chi connectivity index (χ2v) is 9.23. The van der Waals surface area contributed by atoms with Crippen LogP contribution in [0.1, 0.15) is 51.7 Å². The third-order valence-electron chi connectivity index (χ3n) is 5.59. The molecule has 2 rings (SSSR count). The second-order valence-electron chi connectivity index (χ2n) is 9.23. The molecule has 0 heterocycles. The third kappa shape index (κ3) is 9.40. The van der Waals surface area contributed by atoms with Gasteiger partial charge in [-0.3, -0.25) is 0 Å². The van der Waals surface area contributed by atoms with Crippen LogP contribution in [0.2, 0.25) is 0 Å². The Balaban J connectivity index is 1.90. The van der Waals surface area contributed by atoms with Crippen molar-refractivity contribution in [2.45, 2.75) is 58.5 Å². The number of rotatable bonds is 14. The highest BCUT2D eigenvalue weighted by Gasteiger charge is 2.23. The van der Waals surface area contributed by atoms with Crippen molar-refractivity contribution in [3.05, 3.63) is 84.0 Å². The Labute approximate surface area is 218 Å². The van der Waals surface area contributed by atoms with Crippen LogP contribution >= 0.6 is 0 Å². The zero-order chi connectivity index (χ0) is 27.6. The number of hydrogen-bond acceptors (Lipinski definition) is 8. The van der Waals surface area contributed by atoms with E-state index in [1.165, 1.54) is 0 Å². The Kier molecular flexibility index (Phi) is 10.9. The van der Waals surface area contributed by atoms with Gasteiger partial charge in [-0.15, -0.1) is 0 Å². The van der Waals surface area contributed by atoms with Gasteiger partial charge in [-0.2, -0.15) is 0 Å². The fraction of sp³-hybridized carbons (Fsp3) is 0.379. The van der Waals surface area contributed by atoms with Gasteiger partial charge in [0.15, 0.2) is 0 Å². The van der Waals surface area contributed by atoms with Gasteiger partial charge in [0.1, 0.15) is 11.5 Å². The first-order valence-corrected chi connectivity index (χ1v) is 12.0. The summed E-state index contributed by atoms with van der Waals surface area (Å²) in [6.45, 7) is 14.3. The molecule has 2 atom stereocenters. The summed E-state index contributed by atoms with van der Waals surface area (Å²) in [6.07, 6.45) is -1.96. The van der Waals surface area contributed by atoms with Crippen molar-refractivity contribution >= 4 is 11.9 Å². The fourth-order valence-electron chi connectivity index (χ4n) is 3.25. The highest BCUT2D eigenvalue weighted by atomic mass is 16.6. The summed E-state index contributed by atoms with van der Waals surface area (Å²) in [5.74, 6) is -0.0257. The first-order valence-electron chi connectivity index (χ1n) is 12.0. The van der Waals surface area contributed by atoms with Crippen LogP contribution in [-0.4, -0.2) is 47.9 Å². The van der Waals surface area contributed by atoms with Crippen LogP contribution < -0.4 is 9.47 Å². The fourth-order valence-corrected chi connectivity index (χ4v) is 3.25. The zero-order valence-corrected chi connectivity index (χ0v) is 21.9. The molecule has 0 amide bonds. The molecule has 0 aliphatic rings. The molecule has 2 unspecified atom stereocenters. The normalized spacial score (nSPS) is 12.7. The molecule has 0 aliphatic heterocycles. The molecule has 37 heavy (non-hydrogen) atoms. The topological polar surface area (TPSA) is 112 Å². The predicted octanol–water partition coefficient (Wildman–Crippen LogP) is 4.43. The zero-order valence-electron chi connectivity index (χ0n) is 21.9. The molecular formula is C29H36O8. The number of carbonyl (C=O) groups is 2. The molecule has 0 aromatic heterocycles. The minimum atomic E-state index is -1.11. The van der Waals surface area contributed by atoms with Crippen LogP contribution in [0, 0.1) is 0 Å². The maximum absolute atomic E-state index is 11.4. The lowest BCUT2D eigenvalue weighted by Gasteiger charge is -2.27. The maximum Gasteiger partial charge on any atom is 0.333 e. The first kappa shape index (κ1) is 29.6. The molecule has 0 aliphatic carbocycles. The highest BCUT2D eigenvalue weighted by Crippen LogP contribution is 2.33. The number of hydrogen-bond donors (Lipinski definition) is 2. The largest absolute Gasteiger partial charge is 0.465 e. The average Bonchev–Trinajstić information content (AvgIpc) is 2.84. The molecule has 0 spiro atoms. The van der Waals surface area contributed by atoms with Crippen molar-refractivity contribution in [2.75, 3.05) is 13.2 Å². The van der Waals surface area contributed by atoms with Gasteiger partial charge in [-0.1, -0.05) is 51.3 Å². The molecule has 2 aromatic rings. The van der Waals surface area contributed by atoms with Gasteiger partial charge in [-0.05, 0) is 49.2 Å². The molecule has 2 aromatic carbocycles. The lowest BCUT2D eigenvalue weighted by molar-refractivity contribution is -0.142. The van der Waals surface area contributed by atoms with Crippen LogP contribution in [0.5, 0.6) is 11.5 Å². The van der Waals surface area contributed by atoms with Crippen molar-refractivity contribution in [1.82, 2.24) is 0 Å². The molecule has 0 bridgehead atoms. The van der Waals surface area contributed by atoms with E-state index in [2.05, 4.69) is 27.0 Å². The monoisotopic (exact) mass is 512 g/mol. The molecule has 200 valence electrons. The SMILES string of the molecule is C=C(C)C(=O)OCCC(O)Oc1ccc(C(C)(C)c2ccc(OC(O)CCOC(=O)C(=C)C)cc2)cc1. The highest BCUT2D eigenvalue weighted by molar-refractivity contribution is 5.87. The van der Waals surface area contributed by atoms with Gasteiger partial charge in [0.2, 0.25) is 12.6 Å². The summed E-state index contributed by atoms with van der Waals surface area (Å²) >= 11 is 0. The maximum atomic E-state index is 11.4. The minimum absolute atomic E-state index is 0.0250. The van der Waals surface area contributed by atoms with Gasteiger partial charge in [0.25, 0.3) is 0 Å². The molecule has 8 heteroatoms. The number of esters is 2. The summed E-state index contributed by atoms with van der Waals surface area (Å²) in [7, 11) is 0. The predicted molar refractivity (Wildman–Crippen MR) is 139 cm³/mol. The molecule has 2 N–H and O–H groups in total. The summed E-state index contributed by atoms with van der Waals surface area (Å²) in [6, 6.07) is 14.8. The van der Waals surface area contributed by atoms with Gasteiger partial charge in [0, 0.05) is 29.4 Å². The molecule has 0 radical (unpaired) electrons. The molecule has 0 saturated heterocycles. The van der Waals surface area contributed by atoms with Gasteiger partial charge in [-0.25, -0.2) is 9.59 Å². The summed E-state index contributed by atoms with van der Waals surface area (Å²) < 4.78 is 20.9. The third-order valence-corrected chi connectivity index (χ3v) is 5.59. The second kappa shape index (κ2) is 13.6. The van der Waals surface area contributed by atoms with Crippen LogP contribution in [0.3, 0.4) is 0 Å². The van der Waals surface area contributed by atoms with Gasteiger partial charge < -0.3 is 29.2 Å². The Bertz CT molecular complexity index is 985. The Hall–Kier alpha value is -3.62. The van der Waals surface area contributed by atoms with E-state index in [0.29, 0.717) is 22.6 Å². The molecule has 0 saturated carbocycles. The van der Waals surface area contributed by atoms with Gasteiger partial charge >= 0.3 is 11.9 Å². The van der Waals surface area contributed by atoms with Crippen molar-refractivity contribution < 1.29 is 38.7 Å². The smallest absolute Gasteiger partial charge is 0.333 e. The van der Waals surface area contributed by atoms with Crippen molar-refractivity contribution in [2.24, 2.45) is 0 Å².